The molecule has 2 aromatic carbocycles. The Morgan fingerprint density at radius 2 is 1.72 bits per heavy atom. The number of rotatable bonds is 10. The molecule has 3 aromatic rings. The number of nitrogens with zero attached hydrogens (tertiary/aromatic N) is 3. The molecule has 1 N–H and O–H groups in total. The second-order valence-electron chi connectivity index (χ2n) is 9.14. The third-order valence-electron chi connectivity index (χ3n) is 6.75. The number of fused-ring (bicyclic) bond motifs is 1. The van der Waals surface area contributed by atoms with Crippen LogP contribution in [0.15, 0.2) is 42.5 Å². The van der Waals surface area contributed by atoms with Crippen molar-refractivity contribution in [2.75, 3.05) is 33.9 Å². The van der Waals surface area contributed by atoms with Crippen molar-refractivity contribution in [3.8, 4) is 11.5 Å². The van der Waals surface area contributed by atoms with Gasteiger partial charge < -0.3 is 24.3 Å². The summed E-state index contributed by atoms with van der Waals surface area (Å²) in [6.45, 7) is 2.87. The van der Waals surface area contributed by atoms with Crippen LogP contribution in [-0.4, -0.2) is 60.1 Å². The maximum absolute atomic E-state index is 12.9. The molecule has 1 fully saturated rings. The van der Waals surface area contributed by atoms with Gasteiger partial charge in [-0.2, -0.15) is 0 Å². The predicted molar refractivity (Wildman–Crippen MR) is 140 cm³/mol. The van der Waals surface area contributed by atoms with Gasteiger partial charge in [0, 0.05) is 44.6 Å². The number of aromatic nitrogens is 2. The summed E-state index contributed by atoms with van der Waals surface area (Å²) in [6, 6.07) is 13.2. The van der Waals surface area contributed by atoms with Crippen LogP contribution in [-0.2, 0) is 17.8 Å². The Morgan fingerprint density at radius 1 is 0.972 bits per heavy atom. The molecule has 1 aliphatic rings. The first-order valence-corrected chi connectivity index (χ1v) is 12.8. The number of amides is 2. The zero-order valence-electron chi connectivity index (χ0n) is 21.3. The van der Waals surface area contributed by atoms with E-state index in [1.54, 1.807) is 32.4 Å². The van der Waals surface area contributed by atoms with Gasteiger partial charge in [0.1, 0.15) is 5.82 Å². The standard InChI is InChI=1S/C28H36N4O4/c1-35-24-14-13-21(20-25(24)36-2)28(34)29-16-9-12-26-30-22-10-5-6-11-23(22)32(26)19-15-27(33)31-17-7-3-4-8-18-31/h5-6,10-11,13-14,20H,3-4,7-9,12,15-19H2,1-2H3,(H,29,34). The summed E-state index contributed by atoms with van der Waals surface area (Å²) in [4.78, 5) is 32.3. The van der Waals surface area contributed by atoms with Crippen LogP contribution < -0.4 is 14.8 Å². The summed E-state index contributed by atoms with van der Waals surface area (Å²) in [5.74, 6) is 2.12. The lowest BCUT2D eigenvalue weighted by atomic mass is 10.2. The number of aryl methyl sites for hydroxylation is 2. The Bertz CT molecular complexity index is 1180. The Balaban J connectivity index is 1.35. The van der Waals surface area contributed by atoms with E-state index in [9.17, 15) is 9.59 Å². The molecule has 8 heteroatoms. The lowest BCUT2D eigenvalue weighted by Crippen LogP contribution is -2.32. The number of carbonyl (C=O) groups excluding carboxylic acids is 2. The molecule has 0 unspecified atom stereocenters. The highest BCUT2D eigenvalue weighted by atomic mass is 16.5. The van der Waals surface area contributed by atoms with Gasteiger partial charge in [-0.25, -0.2) is 4.98 Å². The second-order valence-corrected chi connectivity index (χ2v) is 9.14. The normalized spacial score (nSPS) is 13.9. The van der Waals surface area contributed by atoms with E-state index >= 15 is 0 Å². The van der Waals surface area contributed by atoms with Gasteiger partial charge in [0.15, 0.2) is 11.5 Å². The van der Waals surface area contributed by atoms with Crippen LogP contribution in [0.1, 0.15) is 54.7 Å². The van der Waals surface area contributed by atoms with Crippen molar-refractivity contribution >= 4 is 22.8 Å². The van der Waals surface area contributed by atoms with Crippen LogP contribution in [0.2, 0.25) is 0 Å². The Hall–Kier alpha value is -3.55. The van der Waals surface area contributed by atoms with Gasteiger partial charge in [0.2, 0.25) is 5.91 Å². The monoisotopic (exact) mass is 492 g/mol. The van der Waals surface area contributed by atoms with Gasteiger partial charge in [-0.05, 0) is 49.6 Å². The van der Waals surface area contributed by atoms with Crippen molar-refractivity contribution in [2.45, 2.75) is 51.5 Å². The fourth-order valence-corrected chi connectivity index (χ4v) is 4.78. The lowest BCUT2D eigenvalue weighted by molar-refractivity contribution is -0.131. The first-order valence-electron chi connectivity index (χ1n) is 12.8. The minimum absolute atomic E-state index is 0.160. The summed E-state index contributed by atoms with van der Waals surface area (Å²) in [7, 11) is 3.11. The smallest absolute Gasteiger partial charge is 0.251 e. The molecular weight excluding hydrogens is 456 g/mol. The highest BCUT2D eigenvalue weighted by molar-refractivity contribution is 5.94. The minimum atomic E-state index is -0.160. The first kappa shape index (κ1) is 25.5. The van der Waals surface area contributed by atoms with E-state index in [-0.39, 0.29) is 11.8 Å². The maximum Gasteiger partial charge on any atom is 0.251 e. The molecule has 1 aliphatic heterocycles. The summed E-state index contributed by atoms with van der Waals surface area (Å²) in [6.07, 6.45) is 6.54. The fraction of sp³-hybridized carbons (Fsp3) is 0.464. The number of hydrogen-bond donors (Lipinski definition) is 1. The van der Waals surface area contributed by atoms with Crippen LogP contribution in [0.25, 0.3) is 11.0 Å². The lowest BCUT2D eigenvalue weighted by Gasteiger charge is -2.20. The van der Waals surface area contributed by atoms with Crippen molar-refractivity contribution in [3.63, 3.8) is 0 Å². The molecule has 192 valence electrons. The van der Waals surface area contributed by atoms with Gasteiger partial charge in [0.25, 0.3) is 5.91 Å². The summed E-state index contributed by atoms with van der Waals surface area (Å²) in [5, 5.41) is 2.98. The van der Waals surface area contributed by atoms with Crippen LogP contribution >= 0.6 is 0 Å². The van der Waals surface area contributed by atoms with Crippen molar-refractivity contribution in [1.29, 1.82) is 0 Å². The summed E-state index contributed by atoms with van der Waals surface area (Å²) in [5.41, 5.74) is 2.50. The topological polar surface area (TPSA) is 85.7 Å². The van der Waals surface area contributed by atoms with E-state index < -0.39 is 0 Å². The van der Waals surface area contributed by atoms with Crippen LogP contribution in [0.4, 0.5) is 0 Å². The largest absolute Gasteiger partial charge is 0.493 e. The Kier molecular flexibility index (Phi) is 8.81. The van der Waals surface area contributed by atoms with E-state index in [0.29, 0.717) is 43.0 Å². The quantitative estimate of drug-likeness (QED) is 0.429. The van der Waals surface area contributed by atoms with Gasteiger partial charge in [0.05, 0.1) is 25.3 Å². The van der Waals surface area contributed by atoms with E-state index in [2.05, 4.69) is 16.0 Å². The summed E-state index contributed by atoms with van der Waals surface area (Å²) < 4.78 is 12.7. The molecular formula is C28H36N4O4. The van der Waals surface area contributed by atoms with Gasteiger partial charge in [-0.15, -0.1) is 0 Å². The SMILES string of the molecule is COc1ccc(C(=O)NCCCc2nc3ccccc3n2CCC(=O)N2CCCCCC2)cc1OC. The first-order chi connectivity index (χ1) is 17.6. The molecule has 0 saturated carbocycles. The average molecular weight is 493 g/mol. The minimum Gasteiger partial charge on any atom is -0.493 e. The Morgan fingerprint density at radius 3 is 2.47 bits per heavy atom. The van der Waals surface area contributed by atoms with Crippen LogP contribution in [0, 0.1) is 0 Å². The number of ether oxygens (including phenoxy) is 2. The highest BCUT2D eigenvalue weighted by Gasteiger charge is 2.17. The number of carbonyl (C=O) groups is 2. The zero-order chi connectivity index (χ0) is 25.3. The van der Waals surface area contributed by atoms with Gasteiger partial charge in [-0.3, -0.25) is 9.59 Å². The van der Waals surface area contributed by atoms with E-state index in [4.69, 9.17) is 14.5 Å². The molecule has 36 heavy (non-hydrogen) atoms. The molecule has 0 radical (unpaired) electrons. The second kappa shape index (κ2) is 12.4. The zero-order valence-corrected chi connectivity index (χ0v) is 21.3. The van der Waals surface area contributed by atoms with Crippen molar-refractivity contribution in [3.05, 3.63) is 53.9 Å². The van der Waals surface area contributed by atoms with Crippen molar-refractivity contribution in [2.24, 2.45) is 0 Å². The summed E-state index contributed by atoms with van der Waals surface area (Å²) >= 11 is 0. The molecule has 0 bridgehead atoms. The molecule has 1 aromatic heterocycles. The highest BCUT2D eigenvalue weighted by Crippen LogP contribution is 2.27. The molecule has 1 saturated heterocycles. The number of hydrogen-bond acceptors (Lipinski definition) is 5. The van der Waals surface area contributed by atoms with Crippen LogP contribution in [0.3, 0.4) is 0 Å². The number of methoxy groups -OCH3 is 2. The Labute approximate surface area is 212 Å². The third-order valence-corrected chi connectivity index (χ3v) is 6.75. The molecule has 0 atom stereocenters. The predicted octanol–water partition coefficient (Wildman–Crippen LogP) is 4.21. The van der Waals surface area contributed by atoms with E-state index in [0.717, 1.165) is 49.2 Å². The molecule has 0 spiro atoms. The number of benzene rings is 2. The fourth-order valence-electron chi connectivity index (χ4n) is 4.78. The molecule has 8 nitrogen and oxygen atoms in total. The van der Waals surface area contributed by atoms with E-state index in [1.165, 1.54) is 12.8 Å². The van der Waals surface area contributed by atoms with Crippen LogP contribution in [0.5, 0.6) is 11.5 Å². The molecule has 2 heterocycles. The number of para-hydroxylation sites is 2. The molecule has 2 amide bonds. The maximum atomic E-state index is 12.9. The number of likely N-dealkylation sites (tertiary alicyclic amines) is 1. The molecule has 0 aliphatic carbocycles. The van der Waals surface area contributed by atoms with E-state index in [1.807, 2.05) is 23.1 Å². The average Bonchev–Trinajstić information content (AvgIpc) is 3.05. The van der Waals surface area contributed by atoms with Crippen molar-refractivity contribution < 1.29 is 19.1 Å². The van der Waals surface area contributed by atoms with Crippen molar-refractivity contribution in [1.82, 2.24) is 19.8 Å². The molecule has 4 rings (SSSR count). The number of imidazole rings is 1. The number of nitrogens with one attached hydrogen (secondary N) is 1. The third kappa shape index (κ3) is 6.17. The van der Waals surface area contributed by atoms with Gasteiger partial charge >= 0.3 is 0 Å². The van der Waals surface area contributed by atoms with Gasteiger partial charge in [-0.1, -0.05) is 25.0 Å².